The largest absolute Gasteiger partial charge is 0.385 e. The molecule has 3 aliphatic rings. The van der Waals surface area contributed by atoms with Gasteiger partial charge >= 0.3 is 0 Å². The predicted molar refractivity (Wildman–Crippen MR) is 76.8 cm³/mol. The van der Waals surface area contributed by atoms with Gasteiger partial charge in [0.2, 0.25) is 11.8 Å². The van der Waals surface area contributed by atoms with Gasteiger partial charge in [0.1, 0.15) is 0 Å². The number of alkyl halides is 2. The number of carbonyl (C=O) groups is 1. The fourth-order valence-corrected chi connectivity index (χ4v) is 4.21. The van der Waals surface area contributed by atoms with Crippen molar-refractivity contribution in [2.45, 2.75) is 50.0 Å². The van der Waals surface area contributed by atoms with Gasteiger partial charge in [-0.2, -0.15) is 0 Å². The Hall–Kier alpha value is -0.750. The fourth-order valence-electron chi connectivity index (χ4n) is 4.21. The van der Waals surface area contributed by atoms with Crippen molar-refractivity contribution in [3.05, 3.63) is 0 Å². The first kappa shape index (κ1) is 16.1. The maximum atomic E-state index is 12.9. The second kappa shape index (κ2) is 6.04. The van der Waals surface area contributed by atoms with Crippen molar-refractivity contribution in [2.24, 2.45) is 11.8 Å². The van der Waals surface area contributed by atoms with Gasteiger partial charge in [0.15, 0.2) is 0 Å². The Balaban J connectivity index is 1.52. The predicted octanol–water partition coefficient (Wildman–Crippen LogP) is 2.47. The molecule has 3 rings (SSSR count). The minimum absolute atomic E-state index is 0.0905. The molecule has 2 aliphatic heterocycles. The number of ether oxygens (including phenoxy) is 2. The molecule has 2 heterocycles. The van der Waals surface area contributed by atoms with Crippen LogP contribution < -0.4 is 0 Å². The number of likely N-dealkylation sites (tertiary alicyclic amines) is 1. The van der Waals surface area contributed by atoms with Gasteiger partial charge in [-0.05, 0) is 31.6 Å². The van der Waals surface area contributed by atoms with Gasteiger partial charge in [0.25, 0.3) is 0 Å². The molecular formula is C16H25F2NO3. The molecule has 0 unspecified atom stereocenters. The molecule has 1 spiro atoms. The quantitative estimate of drug-likeness (QED) is 0.799. The lowest BCUT2D eigenvalue weighted by Gasteiger charge is -2.44. The van der Waals surface area contributed by atoms with Gasteiger partial charge in [0, 0.05) is 52.2 Å². The number of carbonyl (C=O) groups excluding carboxylic acids is 1. The first-order valence-electron chi connectivity index (χ1n) is 8.25. The van der Waals surface area contributed by atoms with Crippen LogP contribution in [-0.4, -0.2) is 55.7 Å². The SMILES string of the molecule is COCC[C@H]1CCOC12CCN(C(=O)C1CC(F)(F)C1)CC2. The molecule has 126 valence electrons. The van der Waals surface area contributed by atoms with Crippen LogP contribution >= 0.6 is 0 Å². The second-order valence-electron chi connectivity index (χ2n) is 6.97. The minimum atomic E-state index is -2.63. The number of piperidine rings is 1. The van der Waals surface area contributed by atoms with Gasteiger partial charge in [0.05, 0.1) is 5.60 Å². The average Bonchev–Trinajstić information content (AvgIpc) is 2.85. The molecular weight excluding hydrogens is 292 g/mol. The van der Waals surface area contributed by atoms with E-state index in [0.29, 0.717) is 19.0 Å². The van der Waals surface area contributed by atoms with Crippen LogP contribution in [0.3, 0.4) is 0 Å². The molecule has 0 aromatic heterocycles. The van der Waals surface area contributed by atoms with Gasteiger partial charge in [-0.25, -0.2) is 8.78 Å². The summed E-state index contributed by atoms with van der Waals surface area (Å²) in [6, 6.07) is 0. The van der Waals surface area contributed by atoms with Gasteiger partial charge in [-0.3, -0.25) is 4.79 Å². The molecule has 2 saturated heterocycles. The molecule has 6 heteroatoms. The Labute approximate surface area is 130 Å². The van der Waals surface area contributed by atoms with Crippen LogP contribution in [0.1, 0.15) is 38.5 Å². The maximum absolute atomic E-state index is 12.9. The third-order valence-electron chi connectivity index (χ3n) is 5.63. The monoisotopic (exact) mass is 317 g/mol. The van der Waals surface area contributed by atoms with Crippen LogP contribution in [0.4, 0.5) is 8.78 Å². The van der Waals surface area contributed by atoms with E-state index in [1.165, 1.54) is 0 Å². The van der Waals surface area contributed by atoms with Crippen molar-refractivity contribution in [1.29, 1.82) is 0 Å². The highest BCUT2D eigenvalue weighted by Gasteiger charge is 2.51. The highest BCUT2D eigenvalue weighted by Crippen LogP contribution is 2.45. The van der Waals surface area contributed by atoms with E-state index in [2.05, 4.69) is 0 Å². The average molecular weight is 317 g/mol. The van der Waals surface area contributed by atoms with Crippen molar-refractivity contribution in [1.82, 2.24) is 4.90 Å². The molecule has 0 radical (unpaired) electrons. The molecule has 22 heavy (non-hydrogen) atoms. The van der Waals surface area contributed by atoms with Crippen molar-refractivity contribution in [3.8, 4) is 0 Å². The second-order valence-corrected chi connectivity index (χ2v) is 6.97. The molecule has 0 aromatic rings. The first-order valence-corrected chi connectivity index (χ1v) is 8.25. The Morgan fingerprint density at radius 3 is 2.59 bits per heavy atom. The van der Waals surface area contributed by atoms with Gasteiger partial charge < -0.3 is 14.4 Å². The zero-order valence-corrected chi connectivity index (χ0v) is 13.2. The maximum Gasteiger partial charge on any atom is 0.249 e. The number of hydrogen-bond donors (Lipinski definition) is 0. The summed E-state index contributed by atoms with van der Waals surface area (Å²) in [7, 11) is 1.71. The summed E-state index contributed by atoms with van der Waals surface area (Å²) in [5.41, 5.74) is -0.126. The van der Waals surface area contributed by atoms with Crippen LogP contribution in [0.5, 0.6) is 0 Å². The van der Waals surface area contributed by atoms with Crippen LogP contribution in [0.2, 0.25) is 0 Å². The summed E-state index contributed by atoms with van der Waals surface area (Å²) in [4.78, 5) is 14.0. The molecule has 0 aromatic carbocycles. The minimum Gasteiger partial charge on any atom is -0.385 e. The van der Waals surface area contributed by atoms with Crippen LogP contribution in [-0.2, 0) is 14.3 Å². The molecule has 1 saturated carbocycles. The van der Waals surface area contributed by atoms with E-state index in [4.69, 9.17) is 9.47 Å². The smallest absolute Gasteiger partial charge is 0.249 e. The number of rotatable bonds is 4. The zero-order chi connectivity index (χ0) is 15.8. The lowest BCUT2D eigenvalue weighted by molar-refractivity contribution is -0.164. The summed E-state index contributed by atoms with van der Waals surface area (Å²) in [5, 5.41) is 0. The zero-order valence-electron chi connectivity index (χ0n) is 13.2. The van der Waals surface area contributed by atoms with Crippen molar-refractivity contribution >= 4 is 5.91 Å². The van der Waals surface area contributed by atoms with Gasteiger partial charge in [-0.15, -0.1) is 0 Å². The van der Waals surface area contributed by atoms with E-state index in [0.717, 1.165) is 38.9 Å². The fraction of sp³-hybridized carbons (Fsp3) is 0.938. The van der Waals surface area contributed by atoms with E-state index in [1.54, 1.807) is 12.0 Å². The molecule has 0 bridgehead atoms. The summed E-state index contributed by atoms with van der Waals surface area (Å²) in [6.45, 7) is 2.77. The highest BCUT2D eigenvalue weighted by atomic mass is 19.3. The van der Waals surface area contributed by atoms with Crippen molar-refractivity contribution in [2.75, 3.05) is 33.4 Å². The van der Waals surface area contributed by atoms with E-state index in [-0.39, 0.29) is 24.3 Å². The first-order chi connectivity index (χ1) is 10.5. The molecule has 4 nitrogen and oxygen atoms in total. The van der Waals surface area contributed by atoms with Crippen molar-refractivity contribution < 1.29 is 23.0 Å². The number of halogens is 2. The van der Waals surface area contributed by atoms with E-state index in [1.807, 2.05) is 0 Å². The van der Waals surface area contributed by atoms with E-state index in [9.17, 15) is 13.6 Å². The molecule has 1 amide bonds. The van der Waals surface area contributed by atoms with Crippen LogP contribution in [0.25, 0.3) is 0 Å². The topological polar surface area (TPSA) is 38.8 Å². The summed E-state index contributed by atoms with van der Waals surface area (Å²) >= 11 is 0. The normalized spacial score (nSPS) is 30.5. The van der Waals surface area contributed by atoms with Crippen LogP contribution in [0, 0.1) is 11.8 Å². The summed E-state index contributed by atoms with van der Waals surface area (Å²) in [6.07, 6.45) is 3.11. The lowest BCUT2D eigenvalue weighted by atomic mass is 9.76. The molecule has 0 N–H and O–H groups in total. The Morgan fingerprint density at radius 1 is 1.32 bits per heavy atom. The van der Waals surface area contributed by atoms with Gasteiger partial charge in [-0.1, -0.05) is 0 Å². The number of hydrogen-bond acceptors (Lipinski definition) is 3. The third-order valence-corrected chi connectivity index (χ3v) is 5.63. The number of nitrogens with zero attached hydrogens (tertiary/aromatic N) is 1. The Bertz CT molecular complexity index is 414. The van der Waals surface area contributed by atoms with E-state index < -0.39 is 11.8 Å². The Morgan fingerprint density at radius 2 is 2.00 bits per heavy atom. The standard InChI is InChI=1S/C16H25F2NO3/c1-21-8-2-13-3-9-22-15(13)4-6-19(7-5-15)14(20)12-10-16(17,18)11-12/h12-13H,2-11H2,1H3/t13-/m0/s1. The van der Waals surface area contributed by atoms with E-state index >= 15 is 0 Å². The van der Waals surface area contributed by atoms with Crippen molar-refractivity contribution in [3.63, 3.8) is 0 Å². The summed E-state index contributed by atoms with van der Waals surface area (Å²) in [5.74, 6) is -2.71. The third kappa shape index (κ3) is 3.00. The number of methoxy groups -OCH3 is 1. The number of amides is 1. The molecule has 1 aliphatic carbocycles. The lowest BCUT2D eigenvalue weighted by Crippen LogP contribution is -2.53. The molecule has 1 atom stereocenters. The summed E-state index contributed by atoms with van der Waals surface area (Å²) < 4.78 is 37.1. The van der Waals surface area contributed by atoms with Crippen LogP contribution in [0.15, 0.2) is 0 Å². The Kier molecular flexibility index (Phi) is 4.42. The molecule has 3 fully saturated rings. The highest BCUT2D eigenvalue weighted by molar-refractivity contribution is 5.80.